The Morgan fingerprint density at radius 3 is 1.71 bits per heavy atom. The van der Waals surface area contributed by atoms with Crippen LogP contribution in [0.3, 0.4) is 0 Å². The van der Waals surface area contributed by atoms with Crippen molar-refractivity contribution in [1.29, 1.82) is 0 Å². The van der Waals surface area contributed by atoms with Crippen molar-refractivity contribution in [2.45, 2.75) is 134 Å². The minimum absolute atomic E-state index is 0.00532. The quantitative estimate of drug-likeness (QED) is 0.277. The Kier molecular flexibility index (Phi) is 11.3. The molecular weight excluding hydrogens is 420 g/mol. The summed E-state index contributed by atoms with van der Waals surface area (Å²) in [5.74, 6) is 0.564. The van der Waals surface area contributed by atoms with Gasteiger partial charge in [0.25, 0.3) is 14.3 Å². The van der Waals surface area contributed by atoms with E-state index in [0.29, 0.717) is 36.6 Å². The highest BCUT2D eigenvalue weighted by molar-refractivity contribution is 6.78. The standard InChI is InChI=1S/C25H49O4Si2/c1-7-25(6,30(27-8-2)28-9-3)24(26)29-31(20-21(4)5,22-16-12-10-13-17-22)23-18-14-11-15-19-23/h21-23H,7-20H2,1-6H3. The Balaban J connectivity index is 2.42. The summed E-state index contributed by atoms with van der Waals surface area (Å²) in [4.78, 5) is 14.0. The van der Waals surface area contributed by atoms with Crippen molar-refractivity contribution in [2.24, 2.45) is 5.92 Å². The summed E-state index contributed by atoms with van der Waals surface area (Å²) in [6.45, 7) is 13.9. The molecule has 2 fully saturated rings. The Hall–Kier alpha value is -0.176. The van der Waals surface area contributed by atoms with Gasteiger partial charge in [0.1, 0.15) is 5.04 Å². The Bertz CT molecular complexity index is 506. The fourth-order valence-corrected chi connectivity index (χ4v) is 14.2. The van der Waals surface area contributed by atoms with Gasteiger partial charge in [-0.05, 0) is 75.9 Å². The predicted molar refractivity (Wildman–Crippen MR) is 133 cm³/mol. The van der Waals surface area contributed by atoms with Crippen molar-refractivity contribution in [3.63, 3.8) is 0 Å². The molecule has 0 aromatic carbocycles. The van der Waals surface area contributed by atoms with Crippen molar-refractivity contribution in [3.8, 4) is 0 Å². The van der Waals surface area contributed by atoms with Crippen molar-refractivity contribution in [3.05, 3.63) is 0 Å². The monoisotopic (exact) mass is 469 g/mol. The Morgan fingerprint density at radius 1 is 0.903 bits per heavy atom. The van der Waals surface area contributed by atoms with E-state index in [2.05, 4.69) is 20.8 Å². The highest BCUT2D eigenvalue weighted by Gasteiger charge is 2.56. The van der Waals surface area contributed by atoms with Crippen LogP contribution in [0.2, 0.25) is 22.2 Å². The lowest BCUT2D eigenvalue weighted by molar-refractivity contribution is -0.140. The minimum Gasteiger partial charge on any atom is -0.518 e. The van der Waals surface area contributed by atoms with E-state index >= 15 is 0 Å². The third-order valence-corrected chi connectivity index (χ3v) is 16.3. The zero-order valence-corrected chi connectivity index (χ0v) is 23.3. The van der Waals surface area contributed by atoms with Crippen molar-refractivity contribution in [2.75, 3.05) is 13.2 Å². The van der Waals surface area contributed by atoms with Crippen LogP contribution in [0.4, 0.5) is 0 Å². The Labute approximate surface area is 195 Å². The first-order valence-electron chi connectivity index (χ1n) is 13.2. The van der Waals surface area contributed by atoms with Gasteiger partial charge >= 0.3 is 9.28 Å². The van der Waals surface area contributed by atoms with Crippen LogP contribution in [-0.2, 0) is 18.1 Å². The first-order valence-corrected chi connectivity index (χ1v) is 16.8. The third kappa shape index (κ3) is 6.67. The van der Waals surface area contributed by atoms with Crippen molar-refractivity contribution >= 4 is 23.6 Å². The molecule has 0 aliphatic heterocycles. The molecule has 1 atom stereocenters. The first kappa shape index (κ1) is 27.1. The Morgan fingerprint density at radius 2 is 1.35 bits per heavy atom. The average Bonchev–Trinajstić information content (AvgIpc) is 2.78. The molecular formula is C25H49O4Si2. The molecule has 31 heavy (non-hydrogen) atoms. The van der Waals surface area contributed by atoms with E-state index in [1.807, 2.05) is 20.8 Å². The number of carbonyl (C=O) groups is 1. The molecule has 0 spiro atoms. The van der Waals surface area contributed by atoms with Gasteiger partial charge in [-0.2, -0.15) is 0 Å². The fourth-order valence-electron chi connectivity index (χ4n) is 5.98. The molecule has 1 radical (unpaired) electrons. The maximum atomic E-state index is 14.0. The normalized spacial score (nSPS) is 21.4. The van der Waals surface area contributed by atoms with E-state index in [1.165, 1.54) is 64.2 Å². The molecule has 0 saturated heterocycles. The van der Waals surface area contributed by atoms with E-state index in [4.69, 9.17) is 13.3 Å². The molecule has 2 saturated carbocycles. The zero-order valence-electron chi connectivity index (χ0n) is 21.3. The smallest absolute Gasteiger partial charge is 0.402 e. The van der Waals surface area contributed by atoms with Crippen LogP contribution in [0.25, 0.3) is 0 Å². The van der Waals surface area contributed by atoms with Gasteiger partial charge in [0.15, 0.2) is 0 Å². The van der Waals surface area contributed by atoms with Gasteiger partial charge in [-0.1, -0.05) is 59.3 Å². The number of carbonyl (C=O) groups excluding carboxylic acids is 1. The maximum absolute atomic E-state index is 14.0. The van der Waals surface area contributed by atoms with Crippen LogP contribution in [0.15, 0.2) is 0 Å². The molecule has 1 unspecified atom stereocenters. The minimum atomic E-state index is -2.28. The second kappa shape index (κ2) is 12.9. The van der Waals surface area contributed by atoms with Crippen LogP contribution in [0, 0.1) is 5.92 Å². The number of hydrogen-bond donors (Lipinski definition) is 0. The third-order valence-electron chi connectivity index (χ3n) is 7.76. The predicted octanol–water partition coefficient (Wildman–Crippen LogP) is 7.53. The molecule has 0 aromatic heterocycles. The largest absolute Gasteiger partial charge is 0.518 e. The maximum Gasteiger partial charge on any atom is 0.402 e. The van der Waals surface area contributed by atoms with E-state index in [1.54, 1.807) is 0 Å². The number of rotatable bonds is 12. The van der Waals surface area contributed by atoms with Gasteiger partial charge in [-0.3, -0.25) is 4.79 Å². The van der Waals surface area contributed by atoms with Gasteiger partial charge in [0.05, 0.1) is 0 Å². The van der Waals surface area contributed by atoms with Gasteiger partial charge in [-0.25, -0.2) is 0 Å². The van der Waals surface area contributed by atoms with Crippen LogP contribution < -0.4 is 0 Å². The molecule has 2 aliphatic carbocycles. The van der Waals surface area contributed by atoms with E-state index in [9.17, 15) is 4.79 Å². The van der Waals surface area contributed by atoms with Crippen LogP contribution in [0.5, 0.6) is 0 Å². The SMILES string of the molecule is CCO[Si](OCC)C(C)(CC)C(=O)O[Si](CC(C)C)(C1CCCCC1)C1CCCCC1. The summed E-state index contributed by atoms with van der Waals surface area (Å²) in [5, 5.41) is -0.657. The molecule has 6 heteroatoms. The molecule has 0 amide bonds. The lowest BCUT2D eigenvalue weighted by atomic mass is 9.99. The van der Waals surface area contributed by atoms with Gasteiger partial charge in [-0.15, -0.1) is 0 Å². The summed E-state index contributed by atoms with van der Waals surface area (Å²) < 4.78 is 19.1. The summed E-state index contributed by atoms with van der Waals surface area (Å²) in [5.41, 5.74) is 1.26. The van der Waals surface area contributed by atoms with Crippen LogP contribution >= 0.6 is 0 Å². The molecule has 181 valence electrons. The van der Waals surface area contributed by atoms with Gasteiger partial charge < -0.3 is 13.3 Å². The van der Waals surface area contributed by atoms with E-state index in [-0.39, 0.29) is 5.97 Å². The molecule has 0 heterocycles. The molecule has 0 aromatic rings. The summed E-state index contributed by atoms with van der Waals surface area (Å²) in [7, 11) is -4.03. The summed E-state index contributed by atoms with van der Waals surface area (Å²) >= 11 is 0. The number of hydrogen-bond acceptors (Lipinski definition) is 4. The molecule has 2 aliphatic rings. The average molecular weight is 470 g/mol. The lowest BCUT2D eigenvalue weighted by Crippen LogP contribution is -2.54. The topological polar surface area (TPSA) is 44.8 Å². The van der Waals surface area contributed by atoms with Crippen LogP contribution in [0.1, 0.15) is 112 Å². The second-order valence-corrected chi connectivity index (χ2v) is 16.9. The van der Waals surface area contributed by atoms with E-state index in [0.717, 1.165) is 6.04 Å². The van der Waals surface area contributed by atoms with Gasteiger partial charge in [0.2, 0.25) is 0 Å². The molecule has 4 nitrogen and oxygen atoms in total. The zero-order chi connectivity index (χ0) is 22.9. The first-order chi connectivity index (χ1) is 14.8. The van der Waals surface area contributed by atoms with Gasteiger partial charge in [0, 0.05) is 13.2 Å². The van der Waals surface area contributed by atoms with Crippen molar-refractivity contribution < 1.29 is 18.1 Å². The highest BCUT2D eigenvalue weighted by atomic mass is 28.4. The van der Waals surface area contributed by atoms with E-state index < -0.39 is 22.6 Å². The van der Waals surface area contributed by atoms with Crippen LogP contribution in [-0.4, -0.2) is 36.8 Å². The second-order valence-electron chi connectivity index (χ2n) is 10.5. The molecule has 0 N–H and O–H groups in total. The lowest BCUT2D eigenvalue weighted by Gasteiger charge is -2.48. The summed E-state index contributed by atoms with van der Waals surface area (Å²) in [6.07, 6.45) is 13.7. The summed E-state index contributed by atoms with van der Waals surface area (Å²) in [6, 6.07) is 1.12. The van der Waals surface area contributed by atoms with Crippen molar-refractivity contribution in [1.82, 2.24) is 0 Å². The molecule has 2 rings (SSSR count). The fraction of sp³-hybridized carbons (Fsp3) is 0.960. The molecule has 0 bridgehead atoms. The highest BCUT2D eigenvalue weighted by Crippen LogP contribution is 2.53.